The van der Waals surface area contributed by atoms with Gasteiger partial charge in [0, 0.05) is 17.1 Å². The van der Waals surface area contributed by atoms with Gasteiger partial charge in [0.25, 0.3) is 0 Å². The van der Waals surface area contributed by atoms with Crippen LogP contribution in [0.15, 0.2) is 15.2 Å². The first-order valence-electron chi connectivity index (χ1n) is 2.13. The van der Waals surface area contributed by atoms with E-state index in [9.17, 15) is 4.79 Å². The number of nitrogens with two attached hydrogens (primary N) is 1. The van der Waals surface area contributed by atoms with E-state index in [1.807, 2.05) is 0 Å². The molecule has 3 N–H and O–H groups in total. The van der Waals surface area contributed by atoms with E-state index in [0.29, 0.717) is 0 Å². The standard InChI is InChI=1S/C3H4N4O2.Cu/c4-3(2(8)9)5-1-6-7-3;/h1H,4H2,(H,8,9);. The molecule has 0 amide bonds. The molecule has 1 aliphatic rings. The monoisotopic (exact) mass is 191 g/mol. The van der Waals surface area contributed by atoms with Gasteiger partial charge in [-0.2, -0.15) is 0 Å². The number of aliphatic imine (C=N–C) groups is 1. The molecule has 1 aliphatic heterocycles. The minimum Gasteiger partial charge on any atom is -0.477 e. The Balaban J connectivity index is 0.000000810. The van der Waals surface area contributed by atoms with Gasteiger partial charge < -0.3 is 5.11 Å². The van der Waals surface area contributed by atoms with E-state index in [1.165, 1.54) is 0 Å². The maximum atomic E-state index is 10.1. The smallest absolute Gasteiger partial charge is 0.372 e. The second kappa shape index (κ2) is 2.87. The molecule has 1 radical (unpaired) electrons. The third-order valence-electron chi connectivity index (χ3n) is 0.831. The van der Waals surface area contributed by atoms with Crippen molar-refractivity contribution in [2.24, 2.45) is 21.0 Å². The van der Waals surface area contributed by atoms with Gasteiger partial charge in [-0.1, -0.05) is 0 Å². The molecule has 1 unspecified atom stereocenters. The molecule has 0 aliphatic carbocycles. The Labute approximate surface area is 66.7 Å². The van der Waals surface area contributed by atoms with Gasteiger partial charge in [0.05, 0.1) is 0 Å². The third kappa shape index (κ3) is 1.38. The number of hydrogen-bond donors (Lipinski definition) is 2. The zero-order chi connectivity index (χ0) is 6.91. The van der Waals surface area contributed by atoms with Crippen molar-refractivity contribution in [1.82, 2.24) is 0 Å². The predicted molar refractivity (Wildman–Crippen MR) is 27.9 cm³/mol. The average molecular weight is 192 g/mol. The molecule has 0 spiro atoms. The van der Waals surface area contributed by atoms with Gasteiger partial charge in [0.1, 0.15) is 6.34 Å². The molecule has 0 saturated carbocycles. The summed E-state index contributed by atoms with van der Waals surface area (Å²) in [7, 11) is 0. The minimum atomic E-state index is -1.86. The summed E-state index contributed by atoms with van der Waals surface area (Å²) >= 11 is 0. The quantitative estimate of drug-likeness (QED) is 0.530. The fourth-order valence-corrected chi connectivity index (χ4v) is 0.351. The predicted octanol–water partition coefficient (Wildman–Crippen LogP) is -0.825. The van der Waals surface area contributed by atoms with Crippen LogP contribution in [0.4, 0.5) is 0 Å². The van der Waals surface area contributed by atoms with Crippen molar-refractivity contribution in [1.29, 1.82) is 0 Å². The van der Waals surface area contributed by atoms with Crippen LogP contribution in [0.25, 0.3) is 0 Å². The number of hydrogen-bond acceptors (Lipinski definition) is 5. The van der Waals surface area contributed by atoms with Crippen LogP contribution in [0.2, 0.25) is 0 Å². The second-order valence-corrected chi connectivity index (χ2v) is 1.49. The molecule has 6 nitrogen and oxygen atoms in total. The summed E-state index contributed by atoms with van der Waals surface area (Å²) in [6.07, 6.45) is 1.01. The second-order valence-electron chi connectivity index (χ2n) is 1.49. The molecule has 1 rings (SSSR count). The van der Waals surface area contributed by atoms with Gasteiger partial charge in [-0.05, 0) is 0 Å². The maximum Gasteiger partial charge on any atom is 0.372 e. The van der Waals surface area contributed by atoms with Crippen molar-refractivity contribution < 1.29 is 27.0 Å². The Morgan fingerprint density at radius 1 is 1.70 bits per heavy atom. The summed E-state index contributed by atoms with van der Waals surface area (Å²) in [6, 6.07) is 0. The van der Waals surface area contributed by atoms with E-state index < -0.39 is 11.8 Å². The molecule has 0 aromatic carbocycles. The van der Waals surface area contributed by atoms with Gasteiger partial charge in [0.2, 0.25) is 0 Å². The molecule has 1 atom stereocenters. The number of carbonyl (C=O) groups is 1. The minimum absolute atomic E-state index is 0. The summed E-state index contributed by atoms with van der Waals surface area (Å²) in [5.74, 6) is -3.17. The van der Waals surface area contributed by atoms with Crippen molar-refractivity contribution in [3.05, 3.63) is 0 Å². The van der Waals surface area contributed by atoms with E-state index in [2.05, 4.69) is 15.2 Å². The molecular weight excluding hydrogens is 188 g/mol. The topological polar surface area (TPSA) is 100 Å². The van der Waals surface area contributed by atoms with Gasteiger partial charge >= 0.3 is 11.8 Å². The third-order valence-corrected chi connectivity index (χ3v) is 0.831. The van der Waals surface area contributed by atoms with Crippen LogP contribution in [-0.2, 0) is 21.9 Å². The first kappa shape index (κ1) is 9.22. The summed E-state index contributed by atoms with van der Waals surface area (Å²) in [4.78, 5) is 13.4. The number of nitrogens with zero attached hydrogens (tertiary/aromatic N) is 3. The molecule has 0 aromatic rings. The van der Waals surface area contributed by atoms with Crippen molar-refractivity contribution in [2.45, 2.75) is 5.79 Å². The maximum absolute atomic E-state index is 10.1. The van der Waals surface area contributed by atoms with Crippen molar-refractivity contribution in [3.63, 3.8) is 0 Å². The van der Waals surface area contributed by atoms with Crippen LogP contribution in [0.1, 0.15) is 0 Å². The summed E-state index contributed by atoms with van der Waals surface area (Å²) in [5.41, 5.74) is 5.04. The van der Waals surface area contributed by atoms with E-state index in [4.69, 9.17) is 10.8 Å². The molecule has 0 fully saturated rings. The fourth-order valence-electron chi connectivity index (χ4n) is 0.351. The van der Waals surface area contributed by atoms with Crippen LogP contribution < -0.4 is 5.73 Å². The zero-order valence-corrected chi connectivity index (χ0v) is 5.59. The molecule has 0 saturated heterocycles. The Hall–Kier alpha value is -0.781. The number of carboxylic acids is 1. The van der Waals surface area contributed by atoms with Gasteiger partial charge in [-0.15, -0.1) is 10.2 Å². The molecule has 0 bridgehead atoms. The Bertz CT molecular complexity index is 189. The largest absolute Gasteiger partial charge is 0.477 e. The first-order chi connectivity index (χ1) is 4.15. The molecule has 10 heavy (non-hydrogen) atoms. The van der Waals surface area contributed by atoms with Crippen molar-refractivity contribution >= 4 is 12.3 Å². The van der Waals surface area contributed by atoms with Crippen LogP contribution in [0, 0.1) is 0 Å². The number of carboxylic acid groups (broad SMARTS) is 1. The summed E-state index contributed by atoms with van der Waals surface area (Å²) < 4.78 is 0. The van der Waals surface area contributed by atoms with E-state index >= 15 is 0 Å². The SMILES string of the molecule is NC1(C(=O)O)N=CN=N1.[Cu]. The van der Waals surface area contributed by atoms with Crippen LogP contribution in [0.5, 0.6) is 0 Å². The van der Waals surface area contributed by atoms with Gasteiger partial charge in [-0.3, -0.25) is 5.73 Å². The van der Waals surface area contributed by atoms with Crippen LogP contribution >= 0.6 is 0 Å². The number of aliphatic carboxylic acids is 1. The molecule has 0 aromatic heterocycles. The van der Waals surface area contributed by atoms with E-state index in [-0.39, 0.29) is 17.1 Å². The van der Waals surface area contributed by atoms with Gasteiger partial charge in [0.15, 0.2) is 0 Å². The first-order valence-corrected chi connectivity index (χ1v) is 2.13. The number of azo groups is 1. The summed E-state index contributed by atoms with van der Waals surface area (Å²) in [5, 5.41) is 14.6. The Morgan fingerprint density at radius 3 is 2.50 bits per heavy atom. The average Bonchev–Trinajstić information content (AvgIpc) is 2.16. The Morgan fingerprint density at radius 2 is 2.30 bits per heavy atom. The molecule has 59 valence electrons. The van der Waals surface area contributed by atoms with E-state index in [1.54, 1.807) is 0 Å². The Kier molecular flexibility index (Phi) is 2.65. The van der Waals surface area contributed by atoms with E-state index in [0.717, 1.165) is 6.34 Å². The van der Waals surface area contributed by atoms with Gasteiger partial charge in [-0.25, -0.2) is 9.79 Å². The van der Waals surface area contributed by atoms with Crippen molar-refractivity contribution in [3.8, 4) is 0 Å². The summed E-state index contributed by atoms with van der Waals surface area (Å²) in [6.45, 7) is 0. The normalized spacial score (nSPS) is 28.1. The fraction of sp³-hybridized carbons (Fsp3) is 0.333. The zero-order valence-electron chi connectivity index (χ0n) is 4.65. The van der Waals surface area contributed by atoms with Crippen LogP contribution in [0.3, 0.4) is 0 Å². The molecule has 7 heteroatoms. The molecule has 1 heterocycles. The number of rotatable bonds is 1. The van der Waals surface area contributed by atoms with Crippen molar-refractivity contribution in [2.75, 3.05) is 0 Å². The van der Waals surface area contributed by atoms with Crippen LogP contribution in [-0.4, -0.2) is 23.2 Å². The molecular formula is C3H4CuN4O2.